The van der Waals surface area contributed by atoms with Crippen LogP contribution in [0.15, 0.2) is 0 Å². The Bertz CT molecular complexity index is 397. The molecule has 4 N–H and O–H groups in total. The number of aliphatic hydroxyl groups excluding tert-OH is 2. The number of carboxylic acid groups (broad SMARTS) is 2. The van der Waals surface area contributed by atoms with Crippen molar-refractivity contribution in [3.8, 4) is 0 Å². The molecule has 0 rings (SSSR count). The van der Waals surface area contributed by atoms with Crippen molar-refractivity contribution in [2.24, 2.45) is 0 Å². The highest BCUT2D eigenvalue weighted by Gasteiger charge is 2.08. The van der Waals surface area contributed by atoms with Gasteiger partial charge in [0.05, 0.1) is 20.3 Å². The number of carbonyl (C=O) groups excluding carboxylic acids is 1. The average Bonchev–Trinajstić information content (AvgIpc) is 2.76. The fraction of sp³-hybridized carbons (Fsp3) is 0.870. The average molecular weight is 451 g/mol. The summed E-state index contributed by atoms with van der Waals surface area (Å²) in [6.07, 6.45) is 20.2. The number of hydrogen-bond donors (Lipinski definition) is 4. The summed E-state index contributed by atoms with van der Waals surface area (Å²) in [7, 11) is 1.01. The summed E-state index contributed by atoms with van der Waals surface area (Å²) in [5.41, 5.74) is 0. The molecule has 0 atom stereocenters. The van der Waals surface area contributed by atoms with Gasteiger partial charge in [0.25, 0.3) is 0 Å². The van der Waals surface area contributed by atoms with E-state index in [0.717, 1.165) is 20.0 Å². The number of ether oxygens (including phenoxy) is 1. The van der Waals surface area contributed by atoms with Gasteiger partial charge in [0.1, 0.15) is 0 Å². The largest absolute Gasteiger partial charge is 0.481 e. The molecule has 31 heavy (non-hydrogen) atoms. The van der Waals surface area contributed by atoms with E-state index in [1.807, 2.05) is 0 Å². The van der Waals surface area contributed by atoms with Crippen LogP contribution in [0.5, 0.6) is 0 Å². The van der Waals surface area contributed by atoms with Crippen LogP contribution < -0.4 is 0 Å². The van der Waals surface area contributed by atoms with Crippen molar-refractivity contribution in [1.82, 2.24) is 0 Å². The van der Waals surface area contributed by atoms with Crippen LogP contribution >= 0.6 is 0 Å². The molecule has 0 fully saturated rings. The van der Waals surface area contributed by atoms with E-state index < -0.39 is 17.9 Å². The third-order valence-corrected chi connectivity index (χ3v) is 4.45. The lowest BCUT2D eigenvalue weighted by molar-refractivity contribution is -0.161. The normalized spacial score (nSPS) is 9.68. The van der Waals surface area contributed by atoms with Crippen molar-refractivity contribution < 1.29 is 39.5 Å². The number of hydrogen-bond acceptors (Lipinski definition) is 6. The molecule has 0 unspecified atom stereocenters. The Morgan fingerprint density at radius 3 is 1.13 bits per heavy atom. The fourth-order valence-electron chi connectivity index (χ4n) is 2.73. The van der Waals surface area contributed by atoms with Gasteiger partial charge in [-0.1, -0.05) is 96.8 Å². The maximum atomic E-state index is 10.3. The number of unbranched alkanes of at least 4 members (excludes halogenated alkanes) is 14. The van der Waals surface area contributed by atoms with E-state index in [-0.39, 0.29) is 13.2 Å². The minimum Gasteiger partial charge on any atom is -0.481 e. The van der Waals surface area contributed by atoms with Gasteiger partial charge in [-0.3, -0.25) is 4.79 Å². The summed E-state index contributed by atoms with van der Waals surface area (Å²) < 4.78 is 3.77. The SMILES string of the molecule is CCCCCCCCCCCCCCCCCC(=O)O.COC(=O)C(=O)O.OCCO. The van der Waals surface area contributed by atoms with Crippen LogP contribution in [0, 0.1) is 0 Å². The quantitative estimate of drug-likeness (QED) is 0.144. The van der Waals surface area contributed by atoms with Crippen LogP contribution in [0.4, 0.5) is 0 Å². The number of aliphatic hydroxyl groups is 2. The highest BCUT2D eigenvalue weighted by molar-refractivity contribution is 6.28. The zero-order chi connectivity index (χ0) is 24.2. The van der Waals surface area contributed by atoms with Crippen molar-refractivity contribution in [2.45, 2.75) is 110 Å². The van der Waals surface area contributed by atoms with Crippen LogP contribution in [0.1, 0.15) is 110 Å². The first-order valence-electron chi connectivity index (χ1n) is 11.6. The molecule has 0 radical (unpaired) electrons. The third-order valence-electron chi connectivity index (χ3n) is 4.45. The highest BCUT2D eigenvalue weighted by Crippen LogP contribution is 2.13. The number of carbonyl (C=O) groups is 3. The van der Waals surface area contributed by atoms with E-state index >= 15 is 0 Å². The maximum Gasteiger partial charge on any atom is 0.417 e. The number of methoxy groups -OCH3 is 1. The van der Waals surface area contributed by atoms with Crippen molar-refractivity contribution in [3.05, 3.63) is 0 Å². The summed E-state index contributed by atoms with van der Waals surface area (Å²) in [6.45, 7) is 2.02. The molecule has 0 aliphatic carbocycles. The van der Waals surface area contributed by atoms with Crippen LogP contribution in [0.3, 0.4) is 0 Å². The first-order valence-corrected chi connectivity index (χ1v) is 11.6. The topological polar surface area (TPSA) is 141 Å². The molecular formula is C23H46O8. The Balaban J connectivity index is -0.000000585. The molecule has 0 aromatic heterocycles. The number of rotatable bonds is 17. The lowest BCUT2D eigenvalue weighted by Gasteiger charge is -2.03. The zero-order valence-corrected chi connectivity index (χ0v) is 19.6. The number of esters is 1. The van der Waals surface area contributed by atoms with E-state index in [1.165, 1.54) is 83.5 Å². The molecule has 0 aromatic rings. The van der Waals surface area contributed by atoms with Gasteiger partial charge in [0, 0.05) is 6.42 Å². The first kappa shape index (κ1) is 34.0. The monoisotopic (exact) mass is 450 g/mol. The summed E-state index contributed by atoms with van der Waals surface area (Å²) in [6, 6.07) is 0. The van der Waals surface area contributed by atoms with Gasteiger partial charge in [0.2, 0.25) is 0 Å². The molecule has 8 heteroatoms. The van der Waals surface area contributed by atoms with Gasteiger partial charge < -0.3 is 25.2 Å². The van der Waals surface area contributed by atoms with E-state index in [0.29, 0.717) is 6.42 Å². The Labute approximate surface area is 188 Å². The first-order chi connectivity index (χ1) is 14.9. The molecule has 186 valence electrons. The summed E-state index contributed by atoms with van der Waals surface area (Å²) in [4.78, 5) is 29.5. The minimum atomic E-state index is -1.57. The molecule has 0 amide bonds. The molecule has 0 saturated heterocycles. The third kappa shape index (κ3) is 39.4. The Kier molecular flexibility index (Phi) is 33.4. The van der Waals surface area contributed by atoms with E-state index in [2.05, 4.69) is 11.7 Å². The minimum absolute atomic E-state index is 0.125. The smallest absolute Gasteiger partial charge is 0.417 e. The maximum absolute atomic E-state index is 10.3. The summed E-state index contributed by atoms with van der Waals surface area (Å²) in [5.74, 6) is -3.46. The van der Waals surface area contributed by atoms with Gasteiger partial charge in [0.15, 0.2) is 0 Å². The Morgan fingerprint density at radius 1 is 0.613 bits per heavy atom. The summed E-state index contributed by atoms with van der Waals surface area (Å²) >= 11 is 0. The van der Waals surface area contributed by atoms with Gasteiger partial charge >= 0.3 is 17.9 Å². The second-order valence-electron chi connectivity index (χ2n) is 7.34. The zero-order valence-electron chi connectivity index (χ0n) is 19.6. The molecule has 0 aliphatic heterocycles. The lowest BCUT2D eigenvalue weighted by atomic mass is 10.0. The predicted octanol–water partition coefficient (Wildman–Crippen LogP) is 4.55. The summed E-state index contributed by atoms with van der Waals surface area (Å²) in [5, 5.41) is 31.5. The van der Waals surface area contributed by atoms with E-state index in [9.17, 15) is 14.4 Å². The lowest BCUT2D eigenvalue weighted by Crippen LogP contribution is -2.13. The van der Waals surface area contributed by atoms with Crippen molar-refractivity contribution in [1.29, 1.82) is 0 Å². The highest BCUT2D eigenvalue weighted by atomic mass is 16.5. The van der Waals surface area contributed by atoms with E-state index in [1.54, 1.807) is 0 Å². The Morgan fingerprint density at radius 2 is 0.935 bits per heavy atom. The fourth-order valence-corrected chi connectivity index (χ4v) is 2.73. The second kappa shape index (κ2) is 30.5. The van der Waals surface area contributed by atoms with Crippen LogP contribution in [-0.2, 0) is 19.1 Å². The van der Waals surface area contributed by atoms with Gasteiger partial charge in [-0.25, -0.2) is 9.59 Å². The van der Waals surface area contributed by atoms with Crippen molar-refractivity contribution >= 4 is 17.9 Å². The molecule has 0 bridgehead atoms. The molecule has 0 heterocycles. The molecule has 0 saturated carbocycles. The van der Waals surface area contributed by atoms with Gasteiger partial charge in [-0.15, -0.1) is 0 Å². The molecular weight excluding hydrogens is 404 g/mol. The molecule has 8 nitrogen and oxygen atoms in total. The van der Waals surface area contributed by atoms with Gasteiger partial charge in [-0.05, 0) is 6.42 Å². The second-order valence-corrected chi connectivity index (χ2v) is 7.34. The predicted molar refractivity (Wildman–Crippen MR) is 121 cm³/mol. The van der Waals surface area contributed by atoms with E-state index in [4.69, 9.17) is 20.4 Å². The molecule has 0 aliphatic rings. The van der Waals surface area contributed by atoms with Crippen LogP contribution in [0.25, 0.3) is 0 Å². The van der Waals surface area contributed by atoms with Crippen molar-refractivity contribution in [3.63, 3.8) is 0 Å². The number of aliphatic carboxylic acids is 2. The number of carboxylic acids is 2. The standard InChI is InChI=1S/C18H36O2.C3H4O4.C2H6O2/c1-2-3-4-5-6-7-8-9-10-11-12-13-14-15-16-17-18(19)20;1-7-3(6)2(4)5;3-1-2-4/h2-17H2,1H3,(H,19,20);1H3,(H,4,5);3-4H,1-2H2. The van der Waals surface area contributed by atoms with Gasteiger partial charge in [-0.2, -0.15) is 0 Å². The molecule has 0 spiro atoms. The van der Waals surface area contributed by atoms with Crippen LogP contribution in [-0.4, -0.2) is 58.7 Å². The van der Waals surface area contributed by atoms with Crippen LogP contribution in [0.2, 0.25) is 0 Å². The molecule has 0 aromatic carbocycles. The Hall–Kier alpha value is -1.67. The van der Waals surface area contributed by atoms with Crippen molar-refractivity contribution in [2.75, 3.05) is 20.3 Å².